The van der Waals surface area contributed by atoms with Crippen LogP contribution in [0.3, 0.4) is 0 Å². The van der Waals surface area contributed by atoms with Crippen LogP contribution in [0.1, 0.15) is 37.9 Å². The van der Waals surface area contributed by atoms with Gasteiger partial charge in [-0.1, -0.05) is 13.8 Å². The van der Waals surface area contributed by atoms with Crippen molar-refractivity contribution in [3.05, 3.63) is 41.3 Å². The number of sulfonamides is 1. The summed E-state index contributed by atoms with van der Waals surface area (Å²) in [4.78, 5) is 8.61. The van der Waals surface area contributed by atoms with E-state index in [0.29, 0.717) is 22.5 Å². The summed E-state index contributed by atoms with van der Waals surface area (Å²) in [6.07, 6.45) is 0.182. The Labute approximate surface area is 148 Å². The van der Waals surface area contributed by atoms with E-state index in [4.69, 9.17) is 0 Å². The van der Waals surface area contributed by atoms with Gasteiger partial charge in [0, 0.05) is 11.1 Å². The Morgan fingerprint density at radius 3 is 2.36 bits per heavy atom. The lowest BCUT2D eigenvalue weighted by Gasteiger charge is -2.16. The first-order valence-electron chi connectivity index (χ1n) is 7.73. The van der Waals surface area contributed by atoms with Crippen molar-refractivity contribution in [3.63, 3.8) is 0 Å². The average Bonchev–Trinajstić information content (AvgIpc) is 2.56. The number of rotatable bonds is 7. The van der Waals surface area contributed by atoms with Gasteiger partial charge in [0.2, 0.25) is 16.0 Å². The number of nitrogens with one attached hydrogen (secondary N) is 1. The lowest BCUT2D eigenvalue weighted by atomic mass is 9.99. The molecule has 0 aliphatic rings. The lowest BCUT2D eigenvalue weighted by Crippen LogP contribution is -2.18. The smallest absolute Gasteiger partial charge is 0.237 e. The van der Waals surface area contributed by atoms with Gasteiger partial charge in [-0.3, -0.25) is 9.29 Å². The van der Waals surface area contributed by atoms with E-state index in [-0.39, 0.29) is 32.2 Å². The number of nitrogens with zero attached hydrogens (tertiary/aromatic N) is 2. The number of hydrogen-bond donors (Lipinski definition) is 1. The van der Waals surface area contributed by atoms with Crippen molar-refractivity contribution in [1.29, 1.82) is 0 Å². The first-order chi connectivity index (χ1) is 11.8. The quantitative estimate of drug-likeness (QED) is 0.731. The molecular weight excluding hydrogens is 364 g/mol. The monoisotopic (exact) mass is 383 g/mol. The molecule has 0 aliphatic carbocycles. The molecule has 134 valence electrons. The number of hydrogen-bond acceptors (Lipinski definition) is 5. The summed E-state index contributed by atoms with van der Waals surface area (Å²) < 4.78 is 50.5. The van der Waals surface area contributed by atoms with E-state index >= 15 is 0 Å². The molecule has 0 radical (unpaired) electrons. The van der Waals surface area contributed by atoms with Crippen molar-refractivity contribution < 1.29 is 17.4 Å². The van der Waals surface area contributed by atoms with Crippen LogP contribution < -0.4 is 4.72 Å². The third-order valence-corrected chi connectivity index (χ3v) is 5.25. The minimum atomic E-state index is -3.54. The summed E-state index contributed by atoms with van der Waals surface area (Å²) in [6, 6.07) is 5.68. The van der Waals surface area contributed by atoms with Crippen molar-refractivity contribution in [1.82, 2.24) is 9.97 Å². The van der Waals surface area contributed by atoms with Crippen LogP contribution in [0.15, 0.2) is 24.3 Å². The summed E-state index contributed by atoms with van der Waals surface area (Å²) in [6.45, 7) is 5.32. The van der Waals surface area contributed by atoms with E-state index in [1.165, 1.54) is 19.1 Å². The predicted octanol–water partition coefficient (Wildman–Crippen LogP) is 3.96. The molecule has 25 heavy (non-hydrogen) atoms. The molecule has 0 bridgehead atoms. The fraction of sp³-hybridized carbons (Fsp3) is 0.375. The highest BCUT2D eigenvalue weighted by atomic mass is 32.2. The topological polar surface area (TPSA) is 89.0 Å². The van der Waals surface area contributed by atoms with Crippen LogP contribution in [0.2, 0.25) is 0 Å². The van der Waals surface area contributed by atoms with Gasteiger partial charge in [0.25, 0.3) is 0 Å². The first-order valence-corrected chi connectivity index (χ1v) is 10.4. The second-order valence-electron chi connectivity index (χ2n) is 5.71. The molecular formula is C16H19FN3O3PS. The zero-order chi connectivity index (χ0) is 18.6. The van der Waals surface area contributed by atoms with Crippen molar-refractivity contribution in [3.8, 4) is 11.3 Å². The standard InChI is InChI=1S/C16H19FN3O3PS/c1-4-25(22,23)20-16-18-14(10(2)3)13(9-24-21)15(19-16)11-5-7-12(17)8-6-11/h5-8,10H,4,9H2,1-3H3,(H,18,19,20). The molecule has 0 saturated carbocycles. The third-order valence-electron chi connectivity index (χ3n) is 3.55. The number of anilines is 1. The van der Waals surface area contributed by atoms with Crippen LogP contribution in [0.25, 0.3) is 11.3 Å². The molecule has 9 heteroatoms. The minimum Gasteiger partial charge on any atom is -0.275 e. The zero-order valence-corrected chi connectivity index (χ0v) is 15.9. The van der Waals surface area contributed by atoms with Gasteiger partial charge in [-0.05, 0) is 37.1 Å². The van der Waals surface area contributed by atoms with E-state index < -0.39 is 15.8 Å². The van der Waals surface area contributed by atoms with Gasteiger partial charge in [0.05, 0.1) is 23.3 Å². The van der Waals surface area contributed by atoms with Gasteiger partial charge in [-0.25, -0.2) is 22.8 Å². The maximum atomic E-state index is 13.2. The molecule has 0 fully saturated rings. The molecule has 2 aromatic rings. The fourth-order valence-electron chi connectivity index (χ4n) is 2.30. The van der Waals surface area contributed by atoms with Crippen LogP contribution in [0.5, 0.6) is 0 Å². The molecule has 0 spiro atoms. The molecule has 1 aromatic heterocycles. The van der Waals surface area contributed by atoms with E-state index in [0.717, 1.165) is 0 Å². The van der Waals surface area contributed by atoms with E-state index in [9.17, 15) is 17.4 Å². The Hall–Kier alpha value is -1.92. The summed E-state index contributed by atoms with van der Waals surface area (Å²) in [5.74, 6) is -0.586. The second kappa shape index (κ2) is 7.97. The molecule has 1 heterocycles. The van der Waals surface area contributed by atoms with Gasteiger partial charge in [0.15, 0.2) is 8.46 Å². The van der Waals surface area contributed by atoms with Crippen LogP contribution in [-0.4, -0.2) is 24.1 Å². The van der Waals surface area contributed by atoms with Gasteiger partial charge >= 0.3 is 0 Å². The molecule has 0 atom stereocenters. The molecule has 6 nitrogen and oxygen atoms in total. The summed E-state index contributed by atoms with van der Waals surface area (Å²) in [5.41, 5.74) is 2.29. The highest BCUT2D eigenvalue weighted by molar-refractivity contribution is 7.92. The maximum Gasteiger partial charge on any atom is 0.237 e. The van der Waals surface area contributed by atoms with E-state index in [2.05, 4.69) is 14.7 Å². The van der Waals surface area contributed by atoms with Gasteiger partial charge < -0.3 is 0 Å². The number of aromatic nitrogens is 2. The molecule has 0 amide bonds. The summed E-state index contributed by atoms with van der Waals surface area (Å²) >= 11 is 0. The van der Waals surface area contributed by atoms with Crippen molar-refractivity contribution in [2.75, 3.05) is 10.5 Å². The normalized spacial score (nSPS) is 11.9. The Morgan fingerprint density at radius 2 is 1.84 bits per heavy atom. The minimum absolute atomic E-state index is 0.0381. The Kier molecular flexibility index (Phi) is 6.19. The molecule has 0 saturated heterocycles. The largest absolute Gasteiger partial charge is 0.275 e. The van der Waals surface area contributed by atoms with Crippen molar-refractivity contribution in [2.24, 2.45) is 0 Å². The van der Waals surface area contributed by atoms with Crippen LogP contribution in [0.4, 0.5) is 10.3 Å². The van der Waals surface area contributed by atoms with Gasteiger partial charge in [0.1, 0.15) is 5.82 Å². The Balaban J connectivity index is 2.70. The highest BCUT2D eigenvalue weighted by Crippen LogP contribution is 2.31. The highest BCUT2D eigenvalue weighted by Gasteiger charge is 2.20. The molecule has 0 unspecified atom stereocenters. The predicted molar refractivity (Wildman–Crippen MR) is 95.9 cm³/mol. The summed E-state index contributed by atoms with van der Waals surface area (Å²) in [5, 5.41) is 0. The summed E-state index contributed by atoms with van der Waals surface area (Å²) in [7, 11) is -3.65. The second-order valence-corrected chi connectivity index (χ2v) is 8.30. The fourth-order valence-corrected chi connectivity index (χ4v) is 3.26. The van der Waals surface area contributed by atoms with E-state index in [1.807, 2.05) is 13.8 Å². The van der Waals surface area contributed by atoms with Gasteiger partial charge in [-0.15, -0.1) is 0 Å². The van der Waals surface area contributed by atoms with Crippen molar-refractivity contribution >= 4 is 24.4 Å². The SMILES string of the molecule is CCS(=O)(=O)Nc1nc(-c2ccc(F)cc2)c(CP=O)c(C(C)C)n1. The van der Waals surface area contributed by atoms with Crippen LogP contribution in [0, 0.1) is 5.82 Å². The van der Waals surface area contributed by atoms with E-state index in [1.54, 1.807) is 12.1 Å². The third kappa shape index (κ3) is 4.80. The number of halogens is 1. The number of benzene rings is 1. The molecule has 1 aromatic carbocycles. The van der Waals surface area contributed by atoms with Gasteiger partial charge in [-0.2, -0.15) is 0 Å². The van der Waals surface area contributed by atoms with Crippen LogP contribution >= 0.6 is 8.46 Å². The Bertz CT molecular complexity index is 871. The first kappa shape index (κ1) is 19.4. The lowest BCUT2D eigenvalue weighted by molar-refractivity contribution is 0.597. The molecule has 1 N–H and O–H groups in total. The van der Waals surface area contributed by atoms with Crippen LogP contribution in [-0.2, 0) is 20.8 Å². The maximum absolute atomic E-state index is 13.2. The zero-order valence-electron chi connectivity index (χ0n) is 14.2. The van der Waals surface area contributed by atoms with Crippen molar-refractivity contribution in [2.45, 2.75) is 32.9 Å². The molecule has 2 rings (SSSR count). The average molecular weight is 383 g/mol. The Morgan fingerprint density at radius 1 is 1.20 bits per heavy atom. The molecule has 0 aliphatic heterocycles.